The predicted octanol–water partition coefficient (Wildman–Crippen LogP) is 4.24. The number of carbonyl (C=O) groups is 1. The van der Waals surface area contributed by atoms with Crippen molar-refractivity contribution in [3.63, 3.8) is 0 Å². The van der Waals surface area contributed by atoms with Crippen LogP contribution in [0.1, 0.15) is 31.0 Å². The van der Waals surface area contributed by atoms with E-state index in [1.54, 1.807) is 23.7 Å². The van der Waals surface area contributed by atoms with Crippen LogP contribution >= 0.6 is 11.3 Å². The van der Waals surface area contributed by atoms with Crippen molar-refractivity contribution in [1.82, 2.24) is 15.3 Å². The molecule has 0 radical (unpaired) electrons. The Morgan fingerprint density at radius 2 is 1.96 bits per heavy atom. The topological polar surface area (TPSA) is 64.1 Å². The lowest BCUT2D eigenvalue weighted by Gasteiger charge is -2.09. The van der Waals surface area contributed by atoms with Gasteiger partial charge in [0.15, 0.2) is 0 Å². The number of thiophene rings is 1. The van der Waals surface area contributed by atoms with Crippen molar-refractivity contribution < 1.29 is 9.53 Å². The van der Waals surface area contributed by atoms with Gasteiger partial charge in [-0.2, -0.15) is 11.3 Å². The second-order valence-corrected chi connectivity index (χ2v) is 6.91. The van der Waals surface area contributed by atoms with Gasteiger partial charge in [-0.25, -0.2) is 0 Å². The first-order valence-electron chi connectivity index (χ1n) is 9.07. The molecule has 0 aliphatic heterocycles. The summed E-state index contributed by atoms with van der Waals surface area (Å²) in [7, 11) is 0. The summed E-state index contributed by atoms with van der Waals surface area (Å²) < 4.78 is 5.57. The first-order valence-corrected chi connectivity index (χ1v) is 10.0. The van der Waals surface area contributed by atoms with Gasteiger partial charge in [-0.1, -0.05) is 19.1 Å². The van der Waals surface area contributed by atoms with Crippen LogP contribution in [0.25, 0.3) is 11.3 Å². The minimum atomic E-state index is 0.00299. The molecule has 3 aromatic rings. The molecule has 6 heteroatoms. The number of hydrogen-bond acceptors (Lipinski definition) is 5. The van der Waals surface area contributed by atoms with Gasteiger partial charge in [0, 0.05) is 29.8 Å². The summed E-state index contributed by atoms with van der Waals surface area (Å²) in [6.07, 6.45) is 5.44. The molecule has 0 spiro atoms. The third-order valence-corrected chi connectivity index (χ3v) is 4.74. The number of rotatable bonds is 9. The van der Waals surface area contributed by atoms with Gasteiger partial charge in [-0.15, -0.1) is 0 Å². The average Bonchev–Trinajstić information content (AvgIpc) is 3.25. The van der Waals surface area contributed by atoms with Gasteiger partial charge in [0.05, 0.1) is 24.5 Å². The van der Waals surface area contributed by atoms with E-state index in [4.69, 9.17) is 4.74 Å². The molecule has 2 heterocycles. The van der Waals surface area contributed by atoms with Gasteiger partial charge < -0.3 is 10.1 Å². The molecule has 5 nitrogen and oxygen atoms in total. The lowest BCUT2D eigenvalue weighted by molar-refractivity contribution is -0.121. The van der Waals surface area contributed by atoms with Crippen molar-refractivity contribution in [2.45, 2.75) is 32.7 Å². The molecule has 0 saturated carbocycles. The van der Waals surface area contributed by atoms with E-state index in [0.717, 1.165) is 41.3 Å². The normalized spacial score (nSPS) is 10.6. The molecule has 3 rings (SSSR count). The molecule has 1 amide bonds. The first kappa shape index (κ1) is 19.0. The summed E-state index contributed by atoms with van der Waals surface area (Å²) in [5.74, 6) is 0.872. The minimum Gasteiger partial charge on any atom is -0.494 e. The van der Waals surface area contributed by atoms with Crippen molar-refractivity contribution in [1.29, 1.82) is 0 Å². The summed E-state index contributed by atoms with van der Waals surface area (Å²) >= 11 is 1.61. The summed E-state index contributed by atoms with van der Waals surface area (Å²) in [5.41, 5.74) is 3.75. The fourth-order valence-corrected chi connectivity index (χ4v) is 3.28. The Labute approximate surface area is 163 Å². The van der Waals surface area contributed by atoms with Crippen molar-refractivity contribution in [3.8, 4) is 17.0 Å². The lowest BCUT2D eigenvalue weighted by Crippen LogP contribution is -2.24. The number of amides is 1. The van der Waals surface area contributed by atoms with Gasteiger partial charge in [0.1, 0.15) is 5.75 Å². The Hall–Kier alpha value is -2.73. The maximum atomic E-state index is 12.2. The zero-order chi connectivity index (χ0) is 18.9. The highest BCUT2D eigenvalue weighted by molar-refractivity contribution is 7.08. The summed E-state index contributed by atoms with van der Waals surface area (Å²) in [4.78, 5) is 21.0. The Balaban J connectivity index is 1.49. The number of carbonyl (C=O) groups excluding carboxylic acids is 1. The van der Waals surface area contributed by atoms with Gasteiger partial charge in [0.25, 0.3) is 0 Å². The Bertz CT molecular complexity index is 848. The third kappa shape index (κ3) is 5.62. The van der Waals surface area contributed by atoms with E-state index in [-0.39, 0.29) is 5.91 Å². The summed E-state index contributed by atoms with van der Waals surface area (Å²) in [6, 6.07) is 9.93. The number of nitrogens with one attached hydrogen (secondary N) is 1. The second-order valence-electron chi connectivity index (χ2n) is 6.13. The lowest BCUT2D eigenvalue weighted by atomic mass is 10.1. The quantitative estimate of drug-likeness (QED) is 0.602. The van der Waals surface area contributed by atoms with E-state index in [1.165, 1.54) is 0 Å². The van der Waals surface area contributed by atoms with Crippen LogP contribution in [0, 0.1) is 0 Å². The number of ether oxygens (including phenoxy) is 1. The molecule has 140 valence electrons. The molecular formula is C21H23N3O2S. The van der Waals surface area contributed by atoms with Crippen LogP contribution in [0.4, 0.5) is 0 Å². The zero-order valence-corrected chi connectivity index (χ0v) is 16.2. The molecule has 1 aromatic carbocycles. The van der Waals surface area contributed by atoms with E-state index in [9.17, 15) is 4.79 Å². The van der Waals surface area contributed by atoms with Crippen LogP contribution in [0.3, 0.4) is 0 Å². The molecule has 0 fully saturated rings. The number of nitrogens with zero attached hydrogens (tertiary/aromatic N) is 2. The summed E-state index contributed by atoms with van der Waals surface area (Å²) in [6.45, 7) is 3.18. The van der Waals surface area contributed by atoms with Gasteiger partial charge in [-0.05, 0) is 42.0 Å². The van der Waals surface area contributed by atoms with E-state index < -0.39 is 0 Å². The fraction of sp³-hybridized carbons (Fsp3) is 0.286. The monoisotopic (exact) mass is 381 g/mol. The predicted molar refractivity (Wildman–Crippen MR) is 108 cm³/mol. The molecule has 1 N–H and O–H groups in total. The minimum absolute atomic E-state index is 0.00299. The van der Waals surface area contributed by atoms with Crippen LogP contribution in [-0.2, 0) is 17.8 Å². The highest BCUT2D eigenvalue weighted by Crippen LogP contribution is 2.22. The van der Waals surface area contributed by atoms with Crippen molar-refractivity contribution in [2.24, 2.45) is 0 Å². The van der Waals surface area contributed by atoms with E-state index in [0.29, 0.717) is 19.4 Å². The van der Waals surface area contributed by atoms with Gasteiger partial charge in [-0.3, -0.25) is 14.8 Å². The maximum Gasteiger partial charge on any atom is 0.220 e. The Morgan fingerprint density at radius 3 is 2.70 bits per heavy atom. The number of hydrogen-bond donors (Lipinski definition) is 1. The molecule has 0 atom stereocenters. The molecule has 0 saturated heterocycles. The SMILES string of the molecule is CCCOc1ccc(CCC(=O)NCc2nccnc2-c2ccsc2)cc1. The average molecular weight is 382 g/mol. The van der Waals surface area contributed by atoms with Crippen LogP contribution in [-0.4, -0.2) is 22.5 Å². The third-order valence-electron chi connectivity index (χ3n) is 4.06. The highest BCUT2D eigenvalue weighted by Gasteiger charge is 2.10. The van der Waals surface area contributed by atoms with E-state index >= 15 is 0 Å². The highest BCUT2D eigenvalue weighted by atomic mass is 32.1. The van der Waals surface area contributed by atoms with E-state index in [2.05, 4.69) is 22.2 Å². The van der Waals surface area contributed by atoms with Crippen molar-refractivity contribution >= 4 is 17.2 Å². The number of aryl methyl sites for hydroxylation is 1. The molecule has 27 heavy (non-hydrogen) atoms. The largest absolute Gasteiger partial charge is 0.494 e. The van der Waals surface area contributed by atoms with Crippen molar-refractivity contribution in [2.75, 3.05) is 6.61 Å². The molecule has 0 bridgehead atoms. The molecule has 0 unspecified atom stereocenters. The number of aromatic nitrogens is 2. The summed E-state index contributed by atoms with van der Waals surface area (Å²) in [5, 5.41) is 6.98. The molecule has 0 aliphatic rings. The Kier molecular flexibility index (Phi) is 6.93. The van der Waals surface area contributed by atoms with Crippen LogP contribution in [0.15, 0.2) is 53.5 Å². The zero-order valence-electron chi connectivity index (χ0n) is 15.4. The van der Waals surface area contributed by atoms with Gasteiger partial charge in [0.2, 0.25) is 5.91 Å². The Morgan fingerprint density at radius 1 is 1.15 bits per heavy atom. The van der Waals surface area contributed by atoms with Crippen molar-refractivity contribution in [3.05, 3.63) is 64.7 Å². The molecule has 0 aliphatic carbocycles. The van der Waals surface area contributed by atoms with E-state index in [1.807, 2.05) is 41.1 Å². The van der Waals surface area contributed by atoms with Crippen LogP contribution < -0.4 is 10.1 Å². The van der Waals surface area contributed by atoms with Gasteiger partial charge >= 0.3 is 0 Å². The smallest absolute Gasteiger partial charge is 0.220 e. The van der Waals surface area contributed by atoms with Crippen LogP contribution in [0.5, 0.6) is 5.75 Å². The number of benzene rings is 1. The van der Waals surface area contributed by atoms with Crippen LogP contribution in [0.2, 0.25) is 0 Å². The standard InChI is InChI=1S/C21H23N3O2S/c1-2-12-26-18-6-3-16(4-7-18)5-8-20(25)24-14-19-21(23-11-10-22-19)17-9-13-27-15-17/h3-4,6-7,9-11,13,15H,2,5,8,12,14H2,1H3,(H,24,25). The molecular weight excluding hydrogens is 358 g/mol. The maximum absolute atomic E-state index is 12.2. The first-order chi connectivity index (χ1) is 13.3. The second kappa shape index (κ2) is 9.83. The molecule has 2 aromatic heterocycles. The fourth-order valence-electron chi connectivity index (χ4n) is 2.64.